The molecule has 132 valence electrons. The highest BCUT2D eigenvalue weighted by molar-refractivity contribution is 14.0. The van der Waals surface area contributed by atoms with E-state index in [1.807, 2.05) is 34.9 Å². The van der Waals surface area contributed by atoms with Gasteiger partial charge in [0.1, 0.15) is 6.54 Å². The molecule has 0 radical (unpaired) electrons. The molecule has 0 atom stereocenters. The lowest BCUT2D eigenvalue weighted by molar-refractivity contribution is 0.355. The number of hydrogen-bond acceptors (Lipinski definition) is 5. The highest BCUT2D eigenvalue weighted by Gasteiger charge is 2.06. The predicted octanol–water partition coefficient (Wildman–Crippen LogP) is 2.29. The quantitative estimate of drug-likeness (QED) is 0.349. The number of nitrogens with one attached hydrogen (secondary N) is 1. The molecule has 0 saturated heterocycles. The second kappa shape index (κ2) is 8.51. The highest BCUT2D eigenvalue weighted by atomic mass is 127. The van der Waals surface area contributed by atoms with Crippen molar-refractivity contribution in [3.63, 3.8) is 0 Å². The van der Waals surface area contributed by atoms with Crippen LogP contribution in [0.25, 0.3) is 5.65 Å². The number of aromatic nitrogens is 3. The first-order valence-corrected chi connectivity index (χ1v) is 7.29. The molecule has 3 N–H and O–H groups in total. The molecule has 0 aliphatic heterocycles. The van der Waals surface area contributed by atoms with E-state index in [1.165, 1.54) is 0 Å². The zero-order valence-corrected chi connectivity index (χ0v) is 16.2. The van der Waals surface area contributed by atoms with Crippen molar-refractivity contribution in [2.45, 2.75) is 6.54 Å². The average molecular weight is 454 g/mol. The molecule has 8 nitrogen and oxygen atoms in total. The van der Waals surface area contributed by atoms with Crippen molar-refractivity contribution < 1.29 is 9.47 Å². The van der Waals surface area contributed by atoms with E-state index in [4.69, 9.17) is 15.2 Å². The van der Waals surface area contributed by atoms with E-state index in [-0.39, 0.29) is 29.9 Å². The molecule has 0 saturated carbocycles. The van der Waals surface area contributed by atoms with E-state index >= 15 is 0 Å². The normalized spacial score (nSPS) is 11.0. The van der Waals surface area contributed by atoms with Gasteiger partial charge in [-0.15, -0.1) is 34.2 Å². The van der Waals surface area contributed by atoms with E-state index in [2.05, 4.69) is 20.5 Å². The highest BCUT2D eigenvalue weighted by Crippen LogP contribution is 2.29. The third kappa shape index (κ3) is 4.29. The van der Waals surface area contributed by atoms with Gasteiger partial charge in [0.2, 0.25) is 0 Å². The van der Waals surface area contributed by atoms with Gasteiger partial charge in [-0.25, -0.2) is 4.99 Å². The van der Waals surface area contributed by atoms with E-state index in [0.717, 1.165) is 11.3 Å². The molecule has 9 heteroatoms. The molecule has 0 unspecified atom stereocenters. The largest absolute Gasteiger partial charge is 0.493 e. The number of benzene rings is 1. The number of pyridine rings is 1. The Morgan fingerprint density at radius 3 is 2.72 bits per heavy atom. The van der Waals surface area contributed by atoms with Crippen molar-refractivity contribution in [3.05, 3.63) is 48.4 Å². The number of aliphatic imine (C=N–C) groups is 1. The molecule has 2 aromatic heterocycles. The fraction of sp³-hybridized carbons (Fsp3) is 0.188. The molecule has 0 spiro atoms. The van der Waals surface area contributed by atoms with Gasteiger partial charge in [-0.05, 0) is 24.3 Å². The summed E-state index contributed by atoms with van der Waals surface area (Å²) in [7, 11) is 3.17. The number of hydrogen-bond donors (Lipinski definition) is 2. The van der Waals surface area contributed by atoms with Crippen LogP contribution in [-0.2, 0) is 6.54 Å². The number of methoxy groups -OCH3 is 2. The van der Waals surface area contributed by atoms with Crippen molar-refractivity contribution in [1.29, 1.82) is 0 Å². The monoisotopic (exact) mass is 454 g/mol. The Kier molecular flexibility index (Phi) is 6.39. The summed E-state index contributed by atoms with van der Waals surface area (Å²) < 4.78 is 12.3. The summed E-state index contributed by atoms with van der Waals surface area (Å²) in [6.07, 6.45) is 1.89. The summed E-state index contributed by atoms with van der Waals surface area (Å²) >= 11 is 0. The van der Waals surface area contributed by atoms with Gasteiger partial charge in [-0.2, -0.15) is 0 Å². The van der Waals surface area contributed by atoms with Crippen LogP contribution >= 0.6 is 24.0 Å². The SMILES string of the molecule is COc1ccc(NC(N)=NCc2nnc3ccccn23)cc1OC.I. The van der Waals surface area contributed by atoms with Crippen LogP contribution in [0.2, 0.25) is 0 Å². The van der Waals surface area contributed by atoms with Crippen molar-refractivity contribution in [2.75, 3.05) is 19.5 Å². The van der Waals surface area contributed by atoms with Gasteiger partial charge in [0, 0.05) is 18.0 Å². The van der Waals surface area contributed by atoms with Crippen LogP contribution in [0.15, 0.2) is 47.6 Å². The third-order valence-electron chi connectivity index (χ3n) is 3.43. The number of nitrogens with zero attached hydrogens (tertiary/aromatic N) is 4. The van der Waals surface area contributed by atoms with Crippen LogP contribution < -0.4 is 20.5 Å². The molecular formula is C16H19IN6O2. The second-order valence-electron chi connectivity index (χ2n) is 4.94. The third-order valence-corrected chi connectivity index (χ3v) is 3.43. The molecule has 0 bridgehead atoms. The minimum Gasteiger partial charge on any atom is -0.493 e. The first kappa shape index (κ1) is 18.8. The fourth-order valence-corrected chi connectivity index (χ4v) is 2.26. The van der Waals surface area contributed by atoms with Crippen molar-refractivity contribution >= 4 is 41.3 Å². The van der Waals surface area contributed by atoms with E-state index < -0.39 is 0 Å². The zero-order valence-electron chi connectivity index (χ0n) is 13.8. The molecule has 0 aliphatic rings. The van der Waals surface area contributed by atoms with Crippen LogP contribution in [0, 0.1) is 0 Å². The van der Waals surface area contributed by atoms with E-state index in [9.17, 15) is 0 Å². The summed E-state index contributed by atoms with van der Waals surface area (Å²) in [5.74, 6) is 2.24. The number of guanidine groups is 1. The van der Waals surface area contributed by atoms with Crippen LogP contribution in [0.5, 0.6) is 11.5 Å². The minimum absolute atomic E-state index is 0. The lowest BCUT2D eigenvalue weighted by Gasteiger charge is -2.10. The van der Waals surface area contributed by atoms with E-state index in [1.54, 1.807) is 26.4 Å². The maximum Gasteiger partial charge on any atom is 0.193 e. The molecule has 25 heavy (non-hydrogen) atoms. The Balaban J connectivity index is 0.00000225. The standard InChI is InChI=1S/C16H18N6O2.HI/c1-23-12-7-6-11(9-13(12)24-2)19-16(17)18-10-15-21-20-14-5-3-4-8-22(14)15;/h3-9H,10H2,1-2H3,(H3,17,18,19);1H. The topological polar surface area (TPSA) is 99.1 Å². The summed E-state index contributed by atoms with van der Waals surface area (Å²) in [6.45, 7) is 0.317. The van der Waals surface area contributed by atoms with E-state index in [0.29, 0.717) is 23.9 Å². The molecule has 0 aliphatic carbocycles. The molecule has 0 amide bonds. The van der Waals surface area contributed by atoms with Crippen molar-refractivity contribution in [1.82, 2.24) is 14.6 Å². The maximum atomic E-state index is 5.94. The smallest absolute Gasteiger partial charge is 0.193 e. The Hall–Kier alpha value is -2.56. The number of nitrogens with two attached hydrogens (primary N) is 1. The van der Waals surface area contributed by atoms with Gasteiger partial charge in [-0.1, -0.05) is 6.07 Å². The van der Waals surface area contributed by atoms with Gasteiger partial charge >= 0.3 is 0 Å². The first-order chi connectivity index (χ1) is 11.7. The van der Waals surface area contributed by atoms with Crippen LogP contribution in [0.3, 0.4) is 0 Å². The number of ether oxygens (including phenoxy) is 2. The Morgan fingerprint density at radius 1 is 1.16 bits per heavy atom. The van der Waals surface area contributed by atoms with Gasteiger partial charge in [0.25, 0.3) is 0 Å². The zero-order chi connectivity index (χ0) is 16.9. The lowest BCUT2D eigenvalue weighted by atomic mass is 10.3. The Morgan fingerprint density at radius 2 is 1.96 bits per heavy atom. The van der Waals surface area contributed by atoms with Crippen LogP contribution in [0.1, 0.15) is 5.82 Å². The van der Waals surface area contributed by atoms with Gasteiger partial charge in [0.05, 0.1) is 14.2 Å². The minimum atomic E-state index is 0. The molecule has 2 heterocycles. The van der Waals surface area contributed by atoms with Gasteiger partial charge < -0.3 is 20.5 Å². The fourth-order valence-electron chi connectivity index (χ4n) is 2.26. The van der Waals surface area contributed by atoms with Crippen LogP contribution in [-0.4, -0.2) is 34.8 Å². The first-order valence-electron chi connectivity index (χ1n) is 7.29. The van der Waals surface area contributed by atoms with Gasteiger partial charge in [0.15, 0.2) is 28.9 Å². The molecule has 3 rings (SSSR count). The Labute approximate surface area is 162 Å². The second-order valence-corrected chi connectivity index (χ2v) is 4.94. The number of fused-ring (bicyclic) bond motifs is 1. The van der Waals surface area contributed by atoms with Gasteiger partial charge in [-0.3, -0.25) is 4.40 Å². The molecule has 0 fully saturated rings. The maximum absolute atomic E-state index is 5.94. The summed E-state index contributed by atoms with van der Waals surface area (Å²) in [5, 5.41) is 11.2. The summed E-state index contributed by atoms with van der Waals surface area (Å²) in [4.78, 5) is 4.30. The number of anilines is 1. The summed E-state index contributed by atoms with van der Waals surface area (Å²) in [5.41, 5.74) is 7.46. The number of rotatable bonds is 5. The number of halogens is 1. The molecule has 1 aromatic carbocycles. The summed E-state index contributed by atoms with van der Waals surface area (Å²) in [6, 6.07) is 11.1. The molecule has 3 aromatic rings. The average Bonchev–Trinajstić information content (AvgIpc) is 3.03. The van der Waals surface area contributed by atoms with Crippen molar-refractivity contribution in [2.24, 2.45) is 10.7 Å². The lowest BCUT2D eigenvalue weighted by Crippen LogP contribution is -2.22. The Bertz CT molecular complexity index is 880. The molecular weight excluding hydrogens is 435 g/mol. The van der Waals surface area contributed by atoms with Crippen molar-refractivity contribution in [3.8, 4) is 11.5 Å². The van der Waals surface area contributed by atoms with Crippen LogP contribution in [0.4, 0.5) is 5.69 Å². The predicted molar refractivity (Wildman–Crippen MR) is 107 cm³/mol.